The van der Waals surface area contributed by atoms with Crippen molar-refractivity contribution in [3.8, 4) is 0 Å². The van der Waals surface area contributed by atoms with Gasteiger partial charge in [-0.1, -0.05) is 182 Å². The first-order chi connectivity index (χ1) is 23.1. The second kappa shape index (κ2) is 57.2. The van der Waals surface area contributed by atoms with Crippen LogP contribution in [0, 0.1) is 0 Å². The Hall–Kier alpha value is -1.11. The Morgan fingerprint density at radius 2 is 0.380 bits per heavy atom. The quantitative estimate of drug-likeness (QED) is 0.0632. The van der Waals surface area contributed by atoms with E-state index in [2.05, 4.69) is 27.7 Å². The number of carboxylic acids is 4. The van der Waals surface area contributed by atoms with Gasteiger partial charge in [-0.3, -0.25) is 0 Å². The molecule has 0 aliphatic heterocycles. The molecule has 0 amide bonds. The van der Waals surface area contributed by atoms with E-state index in [0.29, 0.717) is 0 Å². The van der Waals surface area contributed by atoms with E-state index in [1.807, 2.05) is 0 Å². The van der Waals surface area contributed by atoms with Gasteiger partial charge >= 0.3 is 33.6 Å². The molecule has 2 radical (unpaired) electrons. The molecule has 0 rings (SSSR count). The molecule has 0 bridgehead atoms. The maximum Gasteiger partial charge on any atom is 2.00 e. The second-order valence-corrected chi connectivity index (χ2v) is 13.0. The standard InChI is InChI=1S/4C10H20O2.2Co/c4*1-2-3-4-5-6-7-8-9-10(11)12;;/h4*2-9H2,1H3,(H,11,12);;/q;;;;2*+2/p-4. The third-order valence-corrected chi connectivity index (χ3v) is 7.94. The molecule has 0 heterocycles. The largest absolute Gasteiger partial charge is 2.00 e. The summed E-state index contributed by atoms with van der Waals surface area (Å²) in [5.41, 5.74) is 0. The summed E-state index contributed by atoms with van der Waals surface area (Å²) in [5.74, 6) is -3.65. The van der Waals surface area contributed by atoms with Crippen molar-refractivity contribution in [2.45, 2.75) is 233 Å². The summed E-state index contributed by atoms with van der Waals surface area (Å²) in [6.07, 6.45) is 33.4. The van der Waals surface area contributed by atoms with Gasteiger partial charge in [-0.2, -0.15) is 0 Å². The minimum Gasteiger partial charge on any atom is -0.550 e. The van der Waals surface area contributed by atoms with Crippen LogP contribution in [-0.2, 0) is 52.7 Å². The van der Waals surface area contributed by atoms with Crippen LogP contribution in [0.3, 0.4) is 0 Å². The van der Waals surface area contributed by atoms with Crippen LogP contribution in [-0.4, -0.2) is 23.9 Å². The van der Waals surface area contributed by atoms with Gasteiger partial charge in [0.25, 0.3) is 0 Å². The molecular formula is C40H76Co2O8. The van der Waals surface area contributed by atoms with Crippen molar-refractivity contribution in [3.63, 3.8) is 0 Å². The van der Waals surface area contributed by atoms with Gasteiger partial charge in [-0.15, -0.1) is 0 Å². The van der Waals surface area contributed by atoms with Gasteiger partial charge in [0.05, 0.1) is 0 Å². The number of carbonyl (C=O) groups excluding carboxylic acids is 4. The Morgan fingerprint density at radius 1 is 0.260 bits per heavy atom. The van der Waals surface area contributed by atoms with Gasteiger partial charge in [0.2, 0.25) is 0 Å². The Balaban J connectivity index is -0.000000127. The molecule has 0 aliphatic carbocycles. The fourth-order valence-electron chi connectivity index (χ4n) is 4.91. The molecule has 0 saturated carbocycles. The molecule has 8 nitrogen and oxygen atoms in total. The fraction of sp³-hybridized carbons (Fsp3) is 0.900. The zero-order valence-corrected chi connectivity index (χ0v) is 34.6. The molecule has 0 spiro atoms. The summed E-state index contributed by atoms with van der Waals surface area (Å²) in [5, 5.41) is 40.1. The van der Waals surface area contributed by atoms with E-state index in [0.717, 1.165) is 51.4 Å². The first-order valence-corrected chi connectivity index (χ1v) is 19.9. The van der Waals surface area contributed by atoms with Gasteiger partial charge in [0, 0.05) is 23.9 Å². The van der Waals surface area contributed by atoms with E-state index < -0.39 is 23.9 Å². The van der Waals surface area contributed by atoms with E-state index in [9.17, 15) is 39.6 Å². The first-order valence-electron chi connectivity index (χ1n) is 19.9. The van der Waals surface area contributed by atoms with Crippen molar-refractivity contribution < 1.29 is 73.2 Å². The van der Waals surface area contributed by atoms with Gasteiger partial charge in [0.1, 0.15) is 0 Å². The predicted octanol–water partition coefficient (Wildman–Crippen LogP) is 7.50. The maximum atomic E-state index is 10.0. The van der Waals surface area contributed by atoms with Crippen LogP contribution in [0.4, 0.5) is 0 Å². The van der Waals surface area contributed by atoms with Crippen LogP contribution in [0.15, 0.2) is 0 Å². The maximum absolute atomic E-state index is 10.0. The molecular weight excluding hydrogens is 726 g/mol. The van der Waals surface area contributed by atoms with Crippen molar-refractivity contribution in [2.24, 2.45) is 0 Å². The number of hydrogen-bond acceptors (Lipinski definition) is 8. The average molecular weight is 803 g/mol. The van der Waals surface area contributed by atoms with Crippen molar-refractivity contribution in [2.75, 3.05) is 0 Å². The molecule has 302 valence electrons. The monoisotopic (exact) mass is 802 g/mol. The van der Waals surface area contributed by atoms with Crippen molar-refractivity contribution in [1.29, 1.82) is 0 Å². The van der Waals surface area contributed by atoms with Crippen LogP contribution in [0.1, 0.15) is 233 Å². The number of aliphatic carboxylic acids is 4. The third-order valence-electron chi connectivity index (χ3n) is 7.94. The minimum atomic E-state index is -0.913. The fourth-order valence-corrected chi connectivity index (χ4v) is 4.91. The van der Waals surface area contributed by atoms with Crippen LogP contribution >= 0.6 is 0 Å². The van der Waals surface area contributed by atoms with Gasteiger partial charge in [-0.05, 0) is 51.4 Å². The Labute approximate surface area is 328 Å². The molecule has 0 atom stereocenters. The molecule has 0 unspecified atom stereocenters. The average Bonchev–Trinajstić information content (AvgIpc) is 3.03. The zero-order chi connectivity index (χ0) is 36.9. The van der Waals surface area contributed by atoms with E-state index in [1.165, 1.54) is 128 Å². The number of unbranched alkanes of at least 4 members (excludes halogenated alkanes) is 24. The van der Waals surface area contributed by atoms with Crippen LogP contribution < -0.4 is 20.4 Å². The molecule has 0 aromatic carbocycles. The summed E-state index contributed by atoms with van der Waals surface area (Å²) in [6.45, 7) is 8.76. The zero-order valence-electron chi connectivity index (χ0n) is 32.6. The van der Waals surface area contributed by atoms with Crippen LogP contribution in [0.2, 0.25) is 0 Å². The topological polar surface area (TPSA) is 161 Å². The predicted molar refractivity (Wildman–Crippen MR) is 190 cm³/mol. The summed E-state index contributed by atoms with van der Waals surface area (Å²) in [6, 6.07) is 0. The van der Waals surface area contributed by atoms with Gasteiger partial charge < -0.3 is 39.6 Å². The minimum absolute atomic E-state index is 0. The third kappa shape index (κ3) is 81.1. The number of hydrogen-bond donors (Lipinski definition) is 0. The molecule has 0 aromatic heterocycles. The van der Waals surface area contributed by atoms with Gasteiger partial charge in [0.15, 0.2) is 0 Å². The summed E-state index contributed by atoms with van der Waals surface area (Å²) in [7, 11) is 0. The summed E-state index contributed by atoms with van der Waals surface area (Å²) < 4.78 is 0. The van der Waals surface area contributed by atoms with Crippen molar-refractivity contribution >= 4 is 23.9 Å². The molecule has 10 heteroatoms. The van der Waals surface area contributed by atoms with Crippen molar-refractivity contribution in [1.82, 2.24) is 0 Å². The number of carboxylic acid groups (broad SMARTS) is 4. The molecule has 0 aliphatic rings. The Bertz CT molecular complexity index is 566. The van der Waals surface area contributed by atoms with Crippen molar-refractivity contribution in [3.05, 3.63) is 0 Å². The SMILES string of the molecule is CCCCCCCCCC(=O)[O-].CCCCCCCCCC(=O)[O-].CCCCCCCCCC(=O)[O-].CCCCCCCCCC(=O)[O-].[Co+2].[Co+2]. The molecule has 0 N–H and O–H groups in total. The summed E-state index contributed by atoms with van der Waals surface area (Å²) in [4.78, 5) is 40.1. The van der Waals surface area contributed by atoms with Crippen LogP contribution in [0.25, 0.3) is 0 Å². The van der Waals surface area contributed by atoms with E-state index in [-0.39, 0.29) is 59.2 Å². The van der Waals surface area contributed by atoms with Crippen LogP contribution in [0.5, 0.6) is 0 Å². The molecule has 0 fully saturated rings. The van der Waals surface area contributed by atoms with E-state index >= 15 is 0 Å². The Morgan fingerprint density at radius 3 is 0.500 bits per heavy atom. The van der Waals surface area contributed by atoms with E-state index in [1.54, 1.807) is 0 Å². The molecule has 0 aromatic rings. The second-order valence-electron chi connectivity index (χ2n) is 13.0. The normalized spacial score (nSPS) is 9.68. The number of rotatable bonds is 32. The molecule has 0 saturated heterocycles. The molecule has 50 heavy (non-hydrogen) atoms. The number of carbonyl (C=O) groups is 4. The van der Waals surface area contributed by atoms with E-state index in [4.69, 9.17) is 0 Å². The Kier molecular flexibility index (Phi) is 69.8. The first kappa shape index (κ1) is 61.0. The smallest absolute Gasteiger partial charge is 0.550 e. The summed E-state index contributed by atoms with van der Waals surface area (Å²) >= 11 is 0. The van der Waals surface area contributed by atoms with Gasteiger partial charge in [-0.25, -0.2) is 0 Å².